The lowest BCUT2D eigenvalue weighted by Crippen LogP contribution is -2.41. The number of carbonyl (C=O) groups excluding carboxylic acids is 3. The molecule has 3 rings (SSSR count). The fraction of sp³-hybridized carbons (Fsp3) is 0.571. The molecule has 1 aromatic rings. The number of nitrogens with zero attached hydrogens (tertiary/aromatic N) is 2. The van der Waals surface area contributed by atoms with Crippen molar-refractivity contribution in [3.8, 4) is 11.5 Å². The molecule has 9 nitrogen and oxygen atoms in total. The number of likely N-dealkylation sites (N-methyl/N-ethyl adjacent to an activating group) is 1. The van der Waals surface area contributed by atoms with Crippen LogP contribution in [0.2, 0.25) is 0 Å². The number of ketones is 1. The lowest BCUT2D eigenvalue weighted by atomic mass is 10.0. The normalized spacial score (nSPS) is 16.6. The first-order chi connectivity index (χ1) is 14.5. The maximum absolute atomic E-state index is 12.7. The average Bonchev–Trinajstić information content (AvgIpc) is 3.24. The van der Waals surface area contributed by atoms with E-state index in [2.05, 4.69) is 4.90 Å². The fourth-order valence-electron chi connectivity index (χ4n) is 3.38. The molecule has 30 heavy (non-hydrogen) atoms. The van der Waals surface area contributed by atoms with Crippen LogP contribution in [0.4, 0.5) is 4.79 Å². The molecule has 1 unspecified atom stereocenters. The number of esters is 1. The zero-order chi connectivity index (χ0) is 21.5. The predicted molar refractivity (Wildman–Crippen MR) is 106 cm³/mol. The zero-order valence-electron chi connectivity index (χ0n) is 17.4. The molecule has 1 atom stereocenters. The average molecular weight is 420 g/mol. The number of amides is 1. The maximum Gasteiger partial charge on any atom is 0.413 e. The molecule has 1 amide bonds. The van der Waals surface area contributed by atoms with Crippen LogP contribution in [0, 0.1) is 0 Å². The number of carbonyl (C=O) groups is 3. The molecule has 2 heterocycles. The molecule has 0 aliphatic carbocycles. The Labute approximate surface area is 175 Å². The predicted octanol–water partition coefficient (Wildman–Crippen LogP) is 2.43. The van der Waals surface area contributed by atoms with E-state index in [9.17, 15) is 14.4 Å². The lowest BCUT2D eigenvalue weighted by molar-refractivity contribution is -0.152. The van der Waals surface area contributed by atoms with Crippen molar-refractivity contribution >= 4 is 17.8 Å². The van der Waals surface area contributed by atoms with Gasteiger partial charge in [-0.1, -0.05) is 6.42 Å². The number of benzene rings is 1. The molecule has 2 aliphatic heterocycles. The second kappa shape index (κ2) is 10.3. The molecule has 1 fully saturated rings. The molecule has 0 radical (unpaired) electrons. The molecule has 9 heteroatoms. The van der Waals surface area contributed by atoms with Crippen LogP contribution in [0.3, 0.4) is 0 Å². The van der Waals surface area contributed by atoms with Gasteiger partial charge < -0.3 is 28.7 Å². The topological polar surface area (TPSA) is 94.6 Å². The third kappa shape index (κ3) is 5.63. The molecule has 0 aromatic heterocycles. The number of piperidine rings is 1. The van der Waals surface area contributed by atoms with Crippen molar-refractivity contribution in [1.29, 1.82) is 0 Å². The summed E-state index contributed by atoms with van der Waals surface area (Å²) in [6.07, 6.45) is 3.05. The van der Waals surface area contributed by atoms with Crippen LogP contribution in [0.1, 0.15) is 43.0 Å². The zero-order valence-corrected chi connectivity index (χ0v) is 17.4. The summed E-state index contributed by atoms with van der Waals surface area (Å²) in [6.45, 7) is 3.88. The first kappa shape index (κ1) is 21.9. The van der Waals surface area contributed by atoms with Gasteiger partial charge >= 0.3 is 12.1 Å². The Morgan fingerprint density at radius 1 is 1.10 bits per heavy atom. The largest absolute Gasteiger partial charge is 0.454 e. The summed E-state index contributed by atoms with van der Waals surface area (Å²) in [5.74, 6) is 0.385. The first-order valence-electron chi connectivity index (χ1n) is 10.2. The highest BCUT2D eigenvalue weighted by Crippen LogP contribution is 2.33. The van der Waals surface area contributed by atoms with Crippen molar-refractivity contribution in [3.05, 3.63) is 23.8 Å². The smallest absolute Gasteiger partial charge is 0.413 e. The first-order valence-corrected chi connectivity index (χ1v) is 10.2. The van der Waals surface area contributed by atoms with E-state index in [1.165, 1.54) is 13.5 Å². The minimum atomic E-state index is -0.771. The minimum absolute atomic E-state index is 0.117. The second-order valence-electron chi connectivity index (χ2n) is 7.42. The van der Waals surface area contributed by atoms with Gasteiger partial charge in [-0.25, -0.2) is 4.79 Å². The molecule has 2 aliphatic rings. The number of ether oxygens (including phenoxy) is 4. The number of fused-ring (bicyclic) bond motifs is 1. The molecular formula is C21H28N2O7. The number of Topliss-reactive ketones (excluding diaryl/α,β-unsaturated/α-hetero) is 1. The molecule has 0 saturated carbocycles. The molecular weight excluding hydrogens is 392 g/mol. The van der Waals surface area contributed by atoms with Crippen molar-refractivity contribution in [2.75, 3.05) is 40.3 Å². The summed E-state index contributed by atoms with van der Waals surface area (Å²) in [7, 11) is 1.45. The van der Waals surface area contributed by atoms with Crippen LogP contribution < -0.4 is 9.47 Å². The van der Waals surface area contributed by atoms with Gasteiger partial charge in [-0.3, -0.25) is 9.59 Å². The van der Waals surface area contributed by atoms with Gasteiger partial charge in [0.1, 0.15) is 0 Å². The van der Waals surface area contributed by atoms with Crippen molar-refractivity contribution in [3.63, 3.8) is 0 Å². The number of likely N-dealkylation sites (tertiary alicyclic amines) is 1. The van der Waals surface area contributed by atoms with E-state index in [1.807, 2.05) is 0 Å². The second-order valence-corrected chi connectivity index (χ2v) is 7.42. The quantitative estimate of drug-likeness (QED) is 0.360. The van der Waals surface area contributed by atoms with Gasteiger partial charge in [0.2, 0.25) is 13.6 Å². The van der Waals surface area contributed by atoms with Crippen molar-refractivity contribution in [1.82, 2.24) is 9.80 Å². The molecule has 164 valence electrons. The standard InChI is InChI=1S/C21H28N2O7/c1-15(20(25)16-6-7-17-18(12-16)28-13-27-17)22(2)21(26)30-14-29-19(24)8-11-23-9-4-3-5-10-23/h6-7,12,15H,3-5,8-11,13-14H2,1-2H3. The van der Waals surface area contributed by atoms with E-state index in [-0.39, 0.29) is 19.0 Å². The third-order valence-corrected chi connectivity index (χ3v) is 5.39. The number of hydrogen-bond acceptors (Lipinski definition) is 8. The van der Waals surface area contributed by atoms with Crippen LogP contribution in [-0.4, -0.2) is 74.0 Å². The number of hydrogen-bond donors (Lipinski definition) is 0. The van der Waals surface area contributed by atoms with Gasteiger partial charge in [-0.2, -0.15) is 0 Å². The molecule has 0 spiro atoms. The number of rotatable bonds is 8. The SMILES string of the molecule is CC(C(=O)c1ccc2c(c1)OCO2)N(C)C(=O)OCOC(=O)CCN1CCCCC1. The van der Waals surface area contributed by atoms with Gasteiger partial charge in [0.05, 0.1) is 12.5 Å². The van der Waals surface area contributed by atoms with E-state index in [1.54, 1.807) is 25.1 Å². The highest BCUT2D eigenvalue weighted by atomic mass is 16.7. The lowest BCUT2D eigenvalue weighted by Gasteiger charge is -2.25. The van der Waals surface area contributed by atoms with Crippen LogP contribution in [-0.2, 0) is 14.3 Å². The van der Waals surface area contributed by atoms with Gasteiger partial charge in [-0.15, -0.1) is 0 Å². The Kier molecular flexibility index (Phi) is 7.51. The van der Waals surface area contributed by atoms with Gasteiger partial charge in [0, 0.05) is 19.2 Å². The van der Waals surface area contributed by atoms with E-state index in [4.69, 9.17) is 18.9 Å². The fourth-order valence-corrected chi connectivity index (χ4v) is 3.38. The summed E-state index contributed by atoms with van der Waals surface area (Å²) in [5.41, 5.74) is 0.399. The Balaban J connectivity index is 1.40. The minimum Gasteiger partial charge on any atom is -0.454 e. The van der Waals surface area contributed by atoms with E-state index < -0.39 is 24.9 Å². The van der Waals surface area contributed by atoms with Crippen LogP contribution in [0.15, 0.2) is 18.2 Å². The van der Waals surface area contributed by atoms with Crippen LogP contribution >= 0.6 is 0 Å². The summed E-state index contributed by atoms with van der Waals surface area (Å²) < 4.78 is 20.5. The molecule has 0 bridgehead atoms. The van der Waals surface area contributed by atoms with Crippen molar-refractivity contribution in [2.45, 2.75) is 38.6 Å². The third-order valence-electron chi connectivity index (χ3n) is 5.39. The summed E-state index contributed by atoms with van der Waals surface area (Å²) in [6, 6.07) is 4.09. The van der Waals surface area contributed by atoms with Gasteiger partial charge in [-0.05, 0) is 51.1 Å². The molecule has 1 saturated heterocycles. The van der Waals surface area contributed by atoms with Crippen LogP contribution in [0.25, 0.3) is 0 Å². The van der Waals surface area contributed by atoms with Crippen molar-refractivity contribution in [2.24, 2.45) is 0 Å². The summed E-state index contributed by atoms with van der Waals surface area (Å²) >= 11 is 0. The highest BCUT2D eigenvalue weighted by Gasteiger charge is 2.26. The Morgan fingerprint density at radius 2 is 1.83 bits per heavy atom. The summed E-state index contributed by atoms with van der Waals surface area (Å²) in [4.78, 5) is 40.1. The maximum atomic E-state index is 12.7. The van der Waals surface area contributed by atoms with Crippen molar-refractivity contribution < 1.29 is 33.3 Å². The van der Waals surface area contributed by atoms with E-state index >= 15 is 0 Å². The Hall–Kier alpha value is -2.81. The summed E-state index contributed by atoms with van der Waals surface area (Å²) in [5, 5.41) is 0. The van der Waals surface area contributed by atoms with Crippen LogP contribution in [0.5, 0.6) is 11.5 Å². The molecule has 0 N–H and O–H groups in total. The molecule has 1 aromatic carbocycles. The van der Waals surface area contributed by atoms with E-state index in [0.717, 1.165) is 30.8 Å². The Bertz CT molecular complexity index is 777. The Morgan fingerprint density at radius 3 is 2.60 bits per heavy atom. The van der Waals surface area contributed by atoms with E-state index in [0.29, 0.717) is 23.6 Å². The van der Waals surface area contributed by atoms with Gasteiger partial charge in [0.15, 0.2) is 17.3 Å². The van der Waals surface area contributed by atoms with Gasteiger partial charge in [0.25, 0.3) is 0 Å². The monoisotopic (exact) mass is 420 g/mol. The highest BCUT2D eigenvalue weighted by molar-refractivity contribution is 6.01.